The summed E-state index contributed by atoms with van der Waals surface area (Å²) in [4.78, 5) is 35.5. The first-order valence-electron chi connectivity index (χ1n) is 42.8. The number of phosphoric acid groups is 1. The van der Waals surface area contributed by atoms with Crippen LogP contribution in [-0.4, -0.2) is 49.3 Å². The lowest BCUT2D eigenvalue weighted by Gasteiger charge is -2.19. The van der Waals surface area contributed by atoms with Crippen LogP contribution < -0.4 is 5.73 Å². The Morgan fingerprint density at radius 1 is 0.316 bits per heavy atom. The maximum absolute atomic E-state index is 12.8. The van der Waals surface area contributed by atoms with Crippen LogP contribution in [0, 0.1) is 0 Å². The van der Waals surface area contributed by atoms with Crippen molar-refractivity contribution in [3.63, 3.8) is 0 Å². The van der Waals surface area contributed by atoms with Crippen LogP contribution in [0.1, 0.15) is 476 Å². The smallest absolute Gasteiger partial charge is 0.462 e. The summed E-state index contributed by atoms with van der Waals surface area (Å²) < 4.78 is 33.3. The molecule has 0 aliphatic heterocycles. The molecule has 0 aromatic carbocycles. The van der Waals surface area contributed by atoms with E-state index in [4.69, 9.17) is 24.3 Å². The number of unbranched alkanes of at least 4 members (excludes halogenated alkanes) is 66. The van der Waals surface area contributed by atoms with Crippen LogP contribution in [0.25, 0.3) is 0 Å². The van der Waals surface area contributed by atoms with Gasteiger partial charge in [0.05, 0.1) is 13.2 Å². The highest BCUT2D eigenvalue weighted by atomic mass is 31.2. The van der Waals surface area contributed by atoms with Gasteiger partial charge in [0.1, 0.15) is 6.61 Å². The molecule has 0 aromatic rings. The number of ether oxygens (including phenoxy) is 2. The Kier molecular flexibility index (Phi) is 80.2. The number of phosphoric ester groups is 1. The molecule has 0 aliphatic carbocycles. The van der Waals surface area contributed by atoms with Crippen molar-refractivity contribution in [1.29, 1.82) is 0 Å². The maximum atomic E-state index is 12.8. The number of hydrogen-bond acceptors (Lipinski definition) is 8. The molecule has 0 fully saturated rings. The van der Waals surface area contributed by atoms with Crippen molar-refractivity contribution in [2.75, 3.05) is 26.4 Å². The summed E-state index contributed by atoms with van der Waals surface area (Å²) in [6.45, 7) is 3.84. The van der Waals surface area contributed by atoms with Crippen molar-refractivity contribution in [1.82, 2.24) is 0 Å². The third-order valence-electron chi connectivity index (χ3n) is 19.8. The Balaban J connectivity index is 3.70. The molecule has 95 heavy (non-hydrogen) atoms. The van der Waals surface area contributed by atoms with Crippen molar-refractivity contribution in [3.05, 3.63) is 24.3 Å². The lowest BCUT2D eigenvalue weighted by molar-refractivity contribution is -0.161. The molecule has 0 spiro atoms. The molecule has 0 heterocycles. The minimum atomic E-state index is -4.39. The van der Waals surface area contributed by atoms with Crippen molar-refractivity contribution >= 4 is 19.8 Å². The third-order valence-corrected chi connectivity index (χ3v) is 20.8. The Bertz CT molecular complexity index is 1610. The van der Waals surface area contributed by atoms with Crippen LogP contribution in [0.2, 0.25) is 0 Å². The first kappa shape index (κ1) is 93.5. The summed E-state index contributed by atoms with van der Waals surface area (Å²) in [6.07, 6.45) is 104. The lowest BCUT2D eigenvalue weighted by atomic mass is 10.0. The summed E-state index contributed by atoms with van der Waals surface area (Å²) >= 11 is 0. The molecule has 0 saturated heterocycles. The molecular formula is C85H166NO8P. The van der Waals surface area contributed by atoms with Gasteiger partial charge in [-0.15, -0.1) is 0 Å². The van der Waals surface area contributed by atoms with E-state index in [2.05, 4.69) is 38.2 Å². The molecule has 3 N–H and O–H groups in total. The Morgan fingerprint density at radius 2 is 0.547 bits per heavy atom. The molecule has 0 saturated carbocycles. The van der Waals surface area contributed by atoms with Crippen LogP contribution in [0.15, 0.2) is 24.3 Å². The highest BCUT2D eigenvalue weighted by Crippen LogP contribution is 2.43. The standard InChI is InChI=1S/C85H166NO8P/c1-3-5-7-9-11-13-15-17-19-21-23-25-27-29-31-33-35-37-39-41-43-45-47-49-51-53-55-57-59-61-63-65-67-69-71-73-75-77-84(87)91-81-83(82-93-95(89,90)92-80-79-86)94-85(88)78-76-74-72-70-68-66-64-62-60-58-56-54-52-50-48-46-44-42-40-38-36-34-32-30-28-26-24-22-20-18-16-14-12-10-8-6-4-2/h16,18,22,24,83H,3-15,17,19-21,23,25-82,86H2,1-2H3,(H,89,90)/b18-16-,24-22-. The van der Waals surface area contributed by atoms with Gasteiger partial charge in [-0.05, 0) is 44.9 Å². The van der Waals surface area contributed by atoms with Crippen molar-refractivity contribution in [2.45, 2.75) is 482 Å². The maximum Gasteiger partial charge on any atom is 0.472 e. The van der Waals surface area contributed by atoms with Crippen LogP contribution in [0.5, 0.6) is 0 Å². The van der Waals surface area contributed by atoms with E-state index in [1.165, 1.54) is 405 Å². The predicted molar refractivity (Wildman–Crippen MR) is 414 cm³/mol. The topological polar surface area (TPSA) is 134 Å². The minimum Gasteiger partial charge on any atom is -0.462 e. The van der Waals surface area contributed by atoms with Gasteiger partial charge >= 0.3 is 19.8 Å². The van der Waals surface area contributed by atoms with E-state index in [9.17, 15) is 19.0 Å². The van der Waals surface area contributed by atoms with E-state index in [1.54, 1.807) is 0 Å². The summed E-state index contributed by atoms with van der Waals surface area (Å²) in [5.74, 6) is -0.796. The summed E-state index contributed by atoms with van der Waals surface area (Å²) in [6, 6.07) is 0. The lowest BCUT2D eigenvalue weighted by Crippen LogP contribution is -2.29. The average Bonchev–Trinajstić information content (AvgIpc) is 2.64. The van der Waals surface area contributed by atoms with Crippen LogP contribution in [0.3, 0.4) is 0 Å². The minimum absolute atomic E-state index is 0.0577. The van der Waals surface area contributed by atoms with Gasteiger partial charge in [0.15, 0.2) is 6.10 Å². The van der Waals surface area contributed by atoms with Gasteiger partial charge in [0, 0.05) is 19.4 Å². The molecule has 0 aliphatic rings. The number of nitrogens with two attached hydrogens (primary N) is 1. The van der Waals surface area contributed by atoms with Crippen molar-refractivity contribution in [2.24, 2.45) is 5.73 Å². The number of hydrogen-bond donors (Lipinski definition) is 2. The second kappa shape index (κ2) is 81.5. The summed E-state index contributed by atoms with van der Waals surface area (Å²) in [5, 5.41) is 0. The normalized spacial score (nSPS) is 12.8. The quantitative estimate of drug-likeness (QED) is 0.0264. The molecule has 0 aromatic heterocycles. The van der Waals surface area contributed by atoms with Crippen LogP contribution >= 0.6 is 7.82 Å². The summed E-state index contributed by atoms with van der Waals surface area (Å²) in [7, 11) is -4.39. The fourth-order valence-electron chi connectivity index (χ4n) is 13.5. The largest absolute Gasteiger partial charge is 0.472 e. The molecule has 0 rings (SSSR count). The van der Waals surface area contributed by atoms with E-state index in [-0.39, 0.29) is 38.6 Å². The van der Waals surface area contributed by atoms with Crippen molar-refractivity contribution < 1.29 is 37.6 Å². The van der Waals surface area contributed by atoms with Gasteiger partial charge in [-0.3, -0.25) is 18.6 Å². The second-order valence-electron chi connectivity index (χ2n) is 29.4. The highest BCUT2D eigenvalue weighted by Gasteiger charge is 2.26. The van der Waals surface area contributed by atoms with E-state index in [0.29, 0.717) is 6.42 Å². The highest BCUT2D eigenvalue weighted by molar-refractivity contribution is 7.47. The fraction of sp³-hybridized carbons (Fsp3) is 0.929. The molecule has 564 valence electrons. The zero-order valence-electron chi connectivity index (χ0n) is 64.0. The molecule has 0 bridgehead atoms. The molecule has 9 nitrogen and oxygen atoms in total. The summed E-state index contributed by atoms with van der Waals surface area (Å²) in [5.41, 5.74) is 5.42. The first-order valence-corrected chi connectivity index (χ1v) is 44.3. The number of carbonyl (C=O) groups is 2. The molecule has 2 unspecified atom stereocenters. The monoisotopic (exact) mass is 1360 g/mol. The Labute approximate surface area is 592 Å². The SMILES string of the molecule is CCCCCCC/C=C\C/C=C\CCCCCCCCCCCCCCCCCCCCCCCCCCCC(=O)OC(COC(=O)CCCCCCCCCCCCCCCCCCCCCCCCCCCCCCCCCCCCCCC)COP(=O)(O)OCCN. The van der Waals surface area contributed by atoms with Gasteiger partial charge in [-0.2, -0.15) is 0 Å². The third kappa shape index (κ3) is 81.3. The van der Waals surface area contributed by atoms with Crippen molar-refractivity contribution in [3.8, 4) is 0 Å². The van der Waals surface area contributed by atoms with Gasteiger partial charge in [-0.25, -0.2) is 4.57 Å². The Hall–Kier alpha value is -1.51. The molecule has 0 amide bonds. The number of rotatable bonds is 83. The first-order chi connectivity index (χ1) is 46.8. The second-order valence-corrected chi connectivity index (χ2v) is 30.9. The number of allylic oxidation sites excluding steroid dienone is 4. The van der Waals surface area contributed by atoms with Gasteiger partial charge in [0.25, 0.3) is 0 Å². The molecule has 10 heteroatoms. The number of carbonyl (C=O) groups excluding carboxylic acids is 2. The van der Waals surface area contributed by atoms with Gasteiger partial charge < -0.3 is 20.1 Å². The zero-order valence-corrected chi connectivity index (χ0v) is 64.9. The molecule has 0 radical (unpaired) electrons. The van der Waals surface area contributed by atoms with Crippen LogP contribution in [-0.2, 0) is 32.7 Å². The van der Waals surface area contributed by atoms with E-state index < -0.39 is 26.5 Å². The van der Waals surface area contributed by atoms with Crippen LogP contribution in [0.4, 0.5) is 0 Å². The molecule has 2 atom stereocenters. The predicted octanol–water partition coefficient (Wildman–Crippen LogP) is 28.8. The zero-order chi connectivity index (χ0) is 68.6. The Morgan fingerprint density at radius 3 is 0.800 bits per heavy atom. The van der Waals surface area contributed by atoms with E-state index >= 15 is 0 Å². The van der Waals surface area contributed by atoms with E-state index in [1.807, 2.05) is 0 Å². The number of esters is 2. The van der Waals surface area contributed by atoms with E-state index in [0.717, 1.165) is 38.5 Å². The van der Waals surface area contributed by atoms with Gasteiger partial charge in [0.2, 0.25) is 0 Å². The molecular weight excluding hydrogens is 1190 g/mol. The average molecular weight is 1360 g/mol. The van der Waals surface area contributed by atoms with Gasteiger partial charge in [-0.1, -0.05) is 443 Å². The fourth-order valence-corrected chi connectivity index (χ4v) is 14.3.